The van der Waals surface area contributed by atoms with Gasteiger partial charge in [0.1, 0.15) is 11.6 Å². The lowest BCUT2D eigenvalue weighted by Gasteiger charge is -2.05. The molecule has 0 bridgehead atoms. The maximum atomic E-state index is 13.1. The molecule has 0 spiro atoms. The van der Waals surface area contributed by atoms with Crippen molar-refractivity contribution in [1.82, 2.24) is 14.8 Å². The summed E-state index contributed by atoms with van der Waals surface area (Å²) in [6, 6.07) is 3.12. The molecule has 2 rings (SSSR count). The number of hydrogen-bond acceptors (Lipinski definition) is 4. The number of aromatic amines is 1. The molecular weight excluding hydrogens is 304 g/mol. The molecule has 112 valence electrons. The molecule has 2 N–H and O–H groups in total. The summed E-state index contributed by atoms with van der Waals surface area (Å²) in [5.41, 5.74) is -0.102. The van der Waals surface area contributed by atoms with E-state index in [9.17, 15) is 18.4 Å². The number of aryl methyl sites for hydroxylation is 1. The van der Waals surface area contributed by atoms with E-state index < -0.39 is 23.3 Å². The lowest BCUT2D eigenvalue weighted by molar-refractivity contribution is -0.133. The quantitative estimate of drug-likeness (QED) is 0.784. The van der Waals surface area contributed by atoms with E-state index in [2.05, 4.69) is 10.2 Å². The van der Waals surface area contributed by atoms with Crippen LogP contribution in [0.1, 0.15) is 5.56 Å². The summed E-state index contributed by atoms with van der Waals surface area (Å²) in [7, 11) is 0. The van der Waals surface area contributed by atoms with E-state index in [1.165, 1.54) is 16.7 Å². The summed E-state index contributed by atoms with van der Waals surface area (Å²) < 4.78 is 27.4. The molecule has 0 saturated heterocycles. The van der Waals surface area contributed by atoms with Crippen molar-refractivity contribution >= 4 is 17.7 Å². The summed E-state index contributed by atoms with van der Waals surface area (Å²) >= 11 is 0.890. The second-order valence-corrected chi connectivity index (χ2v) is 5.12. The topological polar surface area (TPSA) is 88.0 Å². The normalized spacial score (nSPS) is 10.8. The average Bonchev–Trinajstić information content (AvgIpc) is 2.73. The number of carboxylic acid groups (broad SMARTS) is 1. The van der Waals surface area contributed by atoms with E-state index in [0.717, 1.165) is 17.8 Å². The number of thioether (sulfide) groups is 1. The number of benzene rings is 1. The van der Waals surface area contributed by atoms with Crippen LogP contribution < -0.4 is 5.69 Å². The number of carboxylic acids is 1. The number of H-pyrrole nitrogens is 1. The molecule has 0 atom stereocenters. The number of halogens is 2. The molecule has 2 aromatic rings. The highest BCUT2D eigenvalue weighted by atomic mass is 32.2. The molecule has 1 aromatic heterocycles. The van der Waals surface area contributed by atoms with Gasteiger partial charge in [0.2, 0.25) is 0 Å². The monoisotopic (exact) mass is 315 g/mol. The van der Waals surface area contributed by atoms with Crippen LogP contribution in [-0.4, -0.2) is 31.6 Å². The Kier molecular flexibility index (Phi) is 4.73. The van der Waals surface area contributed by atoms with E-state index >= 15 is 0 Å². The highest BCUT2D eigenvalue weighted by Crippen LogP contribution is 2.14. The number of rotatable bonds is 6. The summed E-state index contributed by atoms with van der Waals surface area (Å²) in [5.74, 6) is -2.65. The highest BCUT2D eigenvalue weighted by Gasteiger charge is 2.11. The highest BCUT2D eigenvalue weighted by molar-refractivity contribution is 7.99. The Morgan fingerprint density at radius 3 is 2.62 bits per heavy atom. The molecule has 9 heteroatoms. The van der Waals surface area contributed by atoms with Crippen molar-refractivity contribution in [1.29, 1.82) is 0 Å². The Balaban J connectivity index is 2.10. The second-order valence-electron chi connectivity index (χ2n) is 4.17. The van der Waals surface area contributed by atoms with Crippen molar-refractivity contribution in [2.45, 2.75) is 18.1 Å². The number of nitrogens with one attached hydrogen (secondary N) is 1. The predicted octanol–water partition coefficient (Wildman–Crippen LogP) is 1.27. The molecule has 0 aliphatic carbocycles. The van der Waals surface area contributed by atoms with E-state index in [1.54, 1.807) is 0 Å². The molecule has 0 amide bonds. The van der Waals surface area contributed by atoms with Gasteiger partial charge in [0.15, 0.2) is 5.16 Å². The van der Waals surface area contributed by atoms with Crippen LogP contribution in [0.4, 0.5) is 8.78 Å². The minimum Gasteiger partial charge on any atom is -0.481 e. The number of aromatic nitrogens is 3. The molecule has 1 heterocycles. The number of aliphatic carboxylic acids is 1. The van der Waals surface area contributed by atoms with Gasteiger partial charge in [-0.3, -0.25) is 9.36 Å². The zero-order chi connectivity index (χ0) is 15.4. The molecule has 0 unspecified atom stereocenters. The summed E-state index contributed by atoms with van der Waals surface area (Å²) in [5, 5.41) is 14.8. The third kappa shape index (κ3) is 4.15. The van der Waals surface area contributed by atoms with Crippen molar-refractivity contribution in [2.24, 2.45) is 0 Å². The lowest BCUT2D eigenvalue weighted by atomic mass is 10.1. The molecule has 0 aliphatic rings. The van der Waals surface area contributed by atoms with Crippen LogP contribution in [0.2, 0.25) is 0 Å². The van der Waals surface area contributed by atoms with Gasteiger partial charge >= 0.3 is 11.7 Å². The van der Waals surface area contributed by atoms with Gasteiger partial charge < -0.3 is 5.11 Å². The minimum absolute atomic E-state index is 0.139. The Morgan fingerprint density at radius 1 is 1.33 bits per heavy atom. The Bertz CT molecular complexity index is 694. The van der Waals surface area contributed by atoms with E-state index in [4.69, 9.17) is 5.11 Å². The van der Waals surface area contributed by atoms with Crippen LogP contribution in [0, 0.1) is 11.6 Å². The van der Waals surface area contributed by atoms with Gasteiger partial charge in [-0.05, 0) is 24.1 Å². The predicted molar refractivity (Wildman–Crippen MR) is 71.3 cm³/mol. The van der Waals surface area contributed by atoms with Crippen LogP contribution in [0.5, 0.6) is 0 Å². The molecule has 0 radical (unpaired) electrons. The molecule has 0 saturated carbocycles. The van der Waals surface area contributed by atoms with E-state index in [0.29, 0.717) is 5.56 Å². The smallest absolute Gasteiger partial charge is 0.343 e. The van der Waals surface area contributed by atoms with Gasteiger partial charge in [0, 0.05) is 12.6 Å². The average molecular weight is 315 g/mol. The van der Waals surface area contributed by atoms with Crippen LogP contribution in [0.3, 0.4) is 0 Å². The third-order valence-electron chi connectivity index (χ3n) is 2.59. The van der Waals surface area contributed by atoms with E-state index in [1.807, 2.05) is 0 Å². The van der Waals surface area contributed by atoms with E-state index in [-0.39, 0.29) is 23.9 Å². The van der Waals surface area contributed by atoms with Crippen LogP contribution in [0.15, 0.2) is 28.2 Å². The fourth-order valence-electron chi connectivity index (χ4n) is 1.73. The molecular formula is C12H11F2N3O3S. The Hall–Kier alpha value is -2.16. The van der Waals surface area contributed by atoms with Gasteiger partial charge in [-0.2, -0.15) is 0 Å². The first-order valence-corrected chi connectivity index (χ1v) is 6.89. The first kappa shape index (κ1) is 15.2. The van der Waals surface area contributed by atoms with Gasteiger partial charge in [-0.15, -0.1) is 5.10 Å². The Labute approximate surface area is 121 Å². The third-order valence-corrected chi connectivity index (χ3v) is 3.56. The zero-order valence-electron chi connectivity index (χ0n) is 10.7. The number of hydrogen-bond donors (Lipinski definition) is 2. The molecule has 1 aromatic carbocycles. The fourth-order valence-corrected chi connectivity index (χ4v) is 2.43. The summed E-state index contributed by atoms with van der Waals surface area (Å²) in [6.07, 6.45) is 0.217. The van der Waals surface area contributed by atoms with Gasteiger partial charge in [0.25, 0.3) is 0 Å². The maximum absolute atomic E-state index is 13.1. The van der Waals surface area contributed by atoms with Crippen molar-refractivity contribution in [3.05, 3.63) is 45.9 Å². The molecule has 6 nitrogen and oxygen atoms in total. The fraction of sp³-hybridized carbons (Fsp3) is 0.250. The van der Waals surface area contributed by atoms with Crippen molar-refractivity contribution in [3.63, 3.8) is 0 Å². The molecule has 21 heavy (non-hydrogen) atoms. The van der Waals surface area contributed by atoms with Crippen molar-refractivity contribution in [3.8, 4) is 0 Å². The SMILES string of the molecule is O=C(O)CSc1n[nH]c(=O)n1CCc1cc(F)cc(F)c1. The second kappa shape index (κ2) is 6.53. The van der Waals surface area contributed by atoms with Gasteiger partial charge in [-0.1, -0.05) is 11.8 Å². The first-order chi connectivity index (χ1) is 9.95. The maximum Gasteiger partial charge on any atom is 0.343 e. The standard InChI is InChI=1S/C12H11F2N3O3S/c13-8-3-7(4-9(14)5-8)1-2-17-11(20)15-16-12(17)21-6-10(18)19/h3-5H,1-2,6H2,(H,15,20)(H,18,19). The largest absolute Gasteiger partial charge is 0.481 e. The lowest BCUT2D eigenvalue weighted by Crippen LogP contribution is -2.19. The molecule has 0 aliphatic heterocycles. The molecule has 0 fully saturated rings. The van der Waals surface area contributed by atoms with Crippen molar-refractivity contribution in [2.75, 3.05) is 5.75 Å². The zero-order valence-corrected chi connectivity index (χ0v) is 11.5. The van der Waals surface area contributed by atoms with Gasteiger partial charge in [-0.25, -0.2) is 18.7 Å². The summed E-state index contributed by atoms with van der Waals surface area (Å²) in [6.45, 7) is 0.139. The number of carbonyl (C=O) groups is 1. The van der Waals surface area contributed by atoms with Crippen LogP contribution in [-0.2, 0) is 17.8 Å². The van der Waals surface area contributed by atoms with Crippen molar-refractivity contribution < 1.29 is 18.7 Å². The number of nitrogens with zero attached hydrogens (tertiary/aromatic N) is 2. The van der Waals surface area contributed by atoms with Crippen LogP contribution in [0.25, 0.3) is 0 Å². The summed E-state index contributed by atoms with van der Waals surface area (Å²) in [4.78, 5) is 22.1. The van der Waals surface area contributed by atoms with Gasteiger partial charge in [0.05, 0.1) is 5.75 Å². The Morgan fingerprint density at radius 2 is 2.00 bits per heavy atom. The minimum atomic E-state index is -1.03. The first-order valence-electron chi connectivity index (χ1n) is 5.90. The van der Waals surface area contributed by atoms with Crippen LogP contribution >= 0.6 is 11.8 Å².